The Morgan fingerprint density at radius 3 is 2.81 bits per heavy atom. The van der Waals surface area contributed by atoms with Crippen LogP contribution in [0.3, 0.4) is 0 Å². The predicted octanol–water partition coefficient (Wildman–Crippen LogP) is 5.45. The zero-order chi connectivity index (χ0) is 25.1. The molecule has 1 fully saturated rings. The normalized spacial score (nSPS) is 14.9. The highest BCUT2D eigenvalue weighted by Crippen LogP contribution is 2.35. The first-order valence-corrected chi connectivity index (χ1v) is 12.4. The first-order chi connectivity index (χ1) is 17.5. The standard InChI is InChI=1S/C28H28ClN7/c1-19-24-8-9-32-28(24)25(29)14-26(19)34-27-20(16-31-17-21(27)15-30)6-7-22-4-3-5-23(33-22)18-36-12-10-35(2)11-13-36/h3-9,14,16-17,32H,10-13,18H2,1-2H3,(H,31,34). The first kappa shape index (κ1) is 24.0. The summed E-state index contributed by atoms with van der Waals surface area (Å²) in [5, 5.41) is 14.9. The number of hydrogen-bond acceptors (Lipinski definition) is 6. The average Bonchev–Trinajstić information content (AvgIpc) is 3.39. The highest BCUT2D eigenvalue weighted by Gasteiger charge is 2.15. The van der Waals surface area contributed by atoms with Crippen molar-refractivity contribution in [3.05, 3.63) is 82.0 Å². The van der Waals surface area contributed by atoms with Gasteiger partial charge in [0.1, 0.15) is 6.07 Å². The quantitative estimate of drug-likeness (QED) is 0.368. The number of likely N-dealkylation sites (N-methyl/N-ethyl adjacent to an activating group) is 1. The van der Waals surface area contributed by atoms with Crippen molar-refractivity contribution in [3.8, 4) is 6.07 Å². The van der Waals surface area contributed by atoms with Gasteiger partial charge in [-0.3, -0.25) is 14.9 Å². The molecule has 1 aromatic carbocycles. The maximum atomic E-state index is 9.77. The number of anilines is 2. The van der Waals surface area contributed by atoms with Crippen LogP contribution in [0.5, 0.6) is 0 Å². The number of aromatic nitrogens is 3. The molecule has 0 atom stereocenters. The van der Waals surface area contributed by atoms with Crippen LogP contribution in [-0.2, 0) is 6.54 Å². The van der Waals surface area contributed by atoms with Gasteiger partial charge in [-0.2, -0.15) is 5.26 Å². The zero-order valence-electron chi connectivity index (χ0n) is 20.4. The Morgan fingerprint density at radius 2 is 2.00 bits per heavy atom. The second kappa shape index (κ2) is 10.5. The summed E-state index contributed by atoms with van der Waals surface area (Å²) in [5.74, 6) is 0. The lowest BCUT2D eigenvalue weighted by Crippen LogP contribution is -2.44. The maximum Gasteiger partial charge on any atom is 0.103 e. The van der Waals surface area contributed by atoms with Crippen LogP contribution in [0.2, 0.25) is 5.02 Å². The van der Waals surface area contributed by atoms with Crippen molar-refractivity contribution in [3.63, 3.8) is 0 Å². The van der Waals surface area contributed by atoms with E-state index in [9.17, 15) is 5.26 Å². The van der Waals surface area contributed by atoms with Crippen molar-refractivity contribution in [1.82, 2.24) is 24.8 Å². The fourth-order valence-corrected chi connectivity index (χ4v) is 4.78. The van der Waals surface area contributed by atoms with Crippen LogP contribution in [0.25, 0.3) is 23.1 Å². The summed E-state index contributed by atoms with van der Waals surface area (Å²) in [7, 11) is 2.16. The third-order valence-corrected chi connectivity index (χ3v) is 6.96. The lowest BCUT2D eigenvalue weighted by Gasteiger charge is -2.32. The Kier molecular flexibility index (Phi) is 7.01. The maximum absolute atomic E-state index is 9.77. The van der Waals surface area contributed by atoms with E-state index in [4.69, 9.17) is 16.6 Å². The van der Waals surface area contributed by atoms with Crippen molar-refractivity contribution in [2.24, 2.45) is 0 Å². The minimum Gasteiger partial charge on any atom is -0.360 e. The van der Waals surface area contributed by atoms with E-state index >= 15 is 0 Å². The van der Waals surface area contributed by atoms with Crippen molar-refractivity contribution < 1.29 is 0 Å². The molecule has 0 amide bonds. The Labute approximate surface area is 216 Å². The lowest BCUT2D eigenvalue weighted by molar-refractivity contribution is 0.147. The Hall–Kier alpha value is -3.70. The van der Waals surface area contributed by atoms with E-state index in [1.165, 1.54) is 0 Å². The molecule has 1 aliphatic heterocycles. The van der Waals surface area contributed by atoms with Gasteiger partial charge < -0.3 is 15.2 Å². The van der Waals surface area contributed by atoms with Crippen LogP contribution in [0.4, 0.5) is 11.4 Å². The fraction of sp³-hybridized carbons (Fsp3) is 0.250. The molecular weight excluding hydrogens is 470 g/mol. The number of rotatable bonds is 6. The van der Waals surface area contributed by atoms with Crippen molar-refractivity contribution in [2.75, 3.05) is 38.5 Å². The molecular formula is C28H28ClN7. The van der Waals surface area contributed by atoms with E-state index in [0.717, 1.165) is 71.8 Å². The largest absolute Gasteiger partial charge is 0.360 e. The Morgan fingerprint density at radius 1 is 1.17 bits per heavy atom. The van der Waals surface area contributed by atoms with Crippen LogP contribution < -0.4 is 5.32 Å². The molecule has 182 valence electrons. The number of nitriles is 1. The minimum atomic E-state index is 0.457. The van der Waals surface area contributed by atoms with E-state index in [1.54, 1.807) is 12.4 Å². The Balaban J connectivity index is 1.41. The molecule has 5 rings (SSSR count). The van der Waals surface area contributed by atoms with E-state index in [0.29, 0.717) is 16.3 Å². The number of nitrogens with zero attached hydrogens (tertiary/aromatic N) is 5. The number of benzene rings is 1. The fourth-order valence-electron chi connectivity index (χ4n) is 4.51. The van der Waals surface area contributed by atoms with Gasteiger partial charge in [-0.25, -0.2) is 0 Å². The summed E-state index contributed by atoms with van der Waals surface area (Å²) < 4.78 is 0. The average molecular weight is 498 g/mol. The molecule has 0 aliphatic carbocycles. The first-order valence-electron chi connectivity index (χ1n) is 12.0. The van der Waals surface area contributed by atoms with Crippen LogP contribution in [0, 0.1) is 18.3 Å². The van der Waals surface area contributed by atoms with Gasteiger partial charge in [-0.05, 0) is 56.0 Å². The predicted molar refractivity (Wildman–Crippen MR) is 146 cm³/mol. The summed E-state index contributed by atoms with van der Waals surface area (Å²) in [6.07, 6.45) is 9.11. The van der Waals surface area contributed by atoms with E-state index in [2.05, 4.69) is 44.3 Å². The third-order valence-electron chi connectivity index (χ3n) is 6.66. The van der Waals surface area contributed by atoms with E-state index in [-0.39, 0.29) is 0 Å². The summed E-state index contributed by atoms with van der Waals surface area (Å²) in [4.78, 5) is 17.1. The van der Waals surface area contributed by atoms with Gasteiger partial charge in [-0.15, -0.1) is 0 Å². The molecule has 0 radical (unpaired) electrons. The van der Waals surface area contributed by atoms with Gasteiger partial charge in [0.15, 0.2) is 0 Å². The number of H-pyrrole nitrogens is 1. The SMILES string of the molecule is Cc1c(Nc2c(C#N)cncc2C=Cc2cccc(CN3CCN(C)CC3)n2)cc(Cl)c2[nH]ccc12. The second-order valence-corrected chi connectivity index (χ2v) is 9.56. The van der Waals surface area contributed by atoms with Gasteiger partial charge in [0.05, 0.1) is 33.2 Å². The van der Waals surface area contributed by atoms with Crippen molar-refractivity contribution >= 4 is 46.0 Å². The lowest BCUT2D eigenvalue weighted by atomic mass is 10.1. The molecule has 2 N–H and O–H groups in total. The monoisotopic (exact) mass is 497 g/mol. The molecule has 4 aromatic rings. The molecule has 0 unspecified atom stereocenters. The molecule has 8 heteroatoms. The number of pyridine rings is 2. The van der Waals surface area contributed by atoms with Gasteiger partial charge in [0, 0.05) is 68.0 Å². The summed E-state index contributed by atoms with van der Waals surface area (Å²) in [6, 6.07) is 12.2. The number of aromatic amines is 1. The molecule has 4 heterocycles. The molecule has 0 spiro atoms. The summed E-state index contributed by atoms with van der Waals surface area (Å²) in [6.45, 7) is 7.15. The van der Waals surface area contributed by atoms with Crippen molar-refractivity contribution in [1.29, 1.82) is 5.26 Å². The number of nitrogens with one attached hydrogen (secondary N) is 2. The third kappa shape index (κ3) is 5.12. The van der Waals surface area contributed by atoms with E-state index in [1.807, 2.05) is 49.5 Å². The molecule has 0 saturated carbocycles. The molecule has 1 saturated heterocycles. The van der Waals surface area contributed by atoms with Gasteiger partial charge >= 0.3 is 0 Å². The highest BCUT2D eigenvalue weighted by molar-refractivity contribution is 6.35. The van der Waals surface area contributed by atoms with Gasteiger partial charge in [-0.1, -0.05) is 17.7 Å². The highest BCUT2D eigenvalue weighted by atomic mass is 35.5. The number of halogens is 1. The van der Waals surface area contributed by atoms with Crippen molar-refractivity contribution in [2.45, 2.75) is 13.5 Å². The number of piperazine rings is 1. The van der Waals surface area contributed by atoms with Gasteiger partial charge in [0.2, 0.25) is 0 Å². The molecule has 0 bridgehead atoms. The second-order valence-electron chi connectivity index (χ2n) is 9.15. The summed E-state index contributed by atoms with van der Waals surface area (Å²) >= 11 is 6.51. The van der Waals surface area contributed by atoms with Crippen LogP contribution in [0.1, 0.15) is 28.1 Å². The zero-order valence-corrected chi connectivity index (χ0v) is 21.2. The molecule has 7 nitrogen and oxygen atoms in total. The smallest absolute Gasteiger partial charge is 0.103 e. The Bertz CT molecular complexity index is 1460. The van der Waals surface area contributed by atoms with Gasteiger partial charge in [0.25, 0.3) is 0 Å². The number of hydrogen-bond donors (Lipinski definition) is 2. The molecule has 1 aliphatic rings. The van der Waals surface area contributed by atoms with Crippen LogP contribution in [-0.4, -0.2) is 58.0 Å². The summed E-state index contributed by atoms with van der Waals surface area (Å²) in [5.41, 5.74) is 6.64. The van der Waals surface area contributed by atoms with E-state index < -0.39 is 0 Å². The van der Waals surface area contributed by atoms with Crippen LogP contribution in [0.15, 0.2) is 48.9 Å². The minimum absolute atomic E-state index is 0.457. The molecule has 3 aromatic heterocycles. The number of fused-ring (bicyclic) bond motifs is 1. The number of aryl methyl sites for hydroxylation is 1. The van der Waals surface area contributed by atoms with Crippen LogP contribution >= 0.6 is 11.6 Å². The topological polar surface area (TPSA) is 83.9 Å². The molecule has 36 heavy (non-hydrogen) atoms.